The second kappa shape index (κ2) is 6.93. The lowest BCUT2D eigenvalue weighted by Crippen LogP contribution is -2.40. The molecule has 1 aliphatic carbocycles. The molecule has 0 bridgehead atoms. The van der Waals surface area contributed by atoms with Crippen molar-refractivity contribution in [3.8, 4) is 6.07 Å². The number of halogens is 1. The first kappa shape index (κ1) is 14.4. The molecule has 19 heavy (non-hydrogen) atoms. The summed E-state index contributed by atoms with van der Waals surface area (Å²) in [4.78, 5) is 0. The molecule has 4 heteroatoms. The van der Waals surface area contributed by atoms with Crippen molar-refractivity contribution >= 4 is 11.8 Å². The summed E-state index contributed by atoms with van der Waals surface area (Å²) in [6.07, 6.45) is 7.12. The predicted octanol–water partition coefficient (Wildman–Crippen LogP) is 3.46. The Balaban J connectivity index is 1.96. The number of nitrogens with zero attached hydrogens (tertiary/aromatic N) is 1. The Hall–Kier alpha value is -1.05. The highest BCUT2D eigenvalue weighted by Gasteiger charge is 2.23. The molecule has 2 rings (SSSR count). The molecular weight excluding hydrogens is 259 g/mol. The van der Waals surface area contributed by atoms with Gasteiger partial charge in [-0.2, -0.15) is 17.0 Å². The van der Waals surface area contributed by atoms with Crippen LogP contribution in [0.15, 0.2) is 18.2 Å². The number of benzene rings is 1. The van der Waals surface area contributed by atoms with Crippen LogP contribution < -0.4 is 5.32 Å². The minimum absolute atomic E-state index is 0.289. The molecule has 1 fully saturated rings. The van der Waals surface area contributed by atoms with Crippen molar-refractivity contribution in [2.75, 3.05) is 6.26 Å². The molecule has 0 spiro atoms. The standard InChI is InChI=1S/C15H19FN2S/c1-19-15-5-3-2-4-14(15)18-10-12-7-6-11(9-17)8-13(12)16/h6-8,14-15,18H,2-5,10H2,1H3. The maximum atomic E-state index is 13.8. The van der Waals surface area contributed by atoms with Crippen molar-refractivity contribution in [2.45, 2.75) is 43.5 Å². The van der Waals surface area contributed by atoms with Gasteiger partial charge in [0.1, 0.15) is 5.82 Å². The highest BCUT2D eigenvalue weighted by Crippen LogP contribution is 2.27. The zero-order valence-electron chi connectivity index (χ0n) is 11.2. The van der Waals surface area contributed by atoms with Crippen LogP contribution in [0.2, 0.25) is 0 Å². The molecule has 0 aliphatic heterocycles. The smallest absolute Gasteiger partial charge is 0.129 e. The van der Waals surface area contributed by atoms with Crippen molar-refractivity contribution in [3.63, 3.8) is 0 Å². The Morgan fingerprint density at radius 1 is 1.42 bits per heavy atom. The SMILES string of the molecule is CSC1CCCCC1NCc1ccc(C#N)cc1F. The van der Waals surface area contributed by atoms with Crippen LogP contribution in [-0.2, 0) is 6.54 Å². The molecule has 1 aromatic carbocycles. The molecule has 0 saturated heterocycles. The van der Waals surface area contributed by atoms with Gasteiger partial charge >= 0.3 is 0 Å². The molecule has 2 nitrogen and oxygen atoms in total. The minimum Gasteiger partial charge on any atom is -0.309 e. The van der Waals surface area contributed by atoms with E-state index in [4.69, 9.17) is 5.26 Å². The zero-order valence-corrected chi connectivity index (χ0v) is 12.0. The molecule has 0 amide bonds. The summed E-state index contributed by atoms with van der Waals surface area (Å²) in [6, 6.07) is 7.11. The van der Waals surface area contributed by atoms with Crippen LogP contribution in [0.5, 0.6) is 0 Å². The fourth-order valence-corrected chi connectivity index (χ4v) is 3.58. The summed E-state index contributed by atoms with van der Waals surface area (Å²) in [5.74, 6) is -0.289. The first-order valence-corrected chi connectivity index (χ1v) is 7.98. The second-order valence-electron chi connectivity index (χ2n) is 4.96. The lowest BCUT2D eigenvalue weighted by Gasteiger charge is -2.31. The van der Waals surface area contributed by atoms with E-state index in [1.165, 1.54) is 31.7 Å². The van der Waals surface area contributed by atoms with Gasteiger partial charge in [0, 0.05) is 23.4 Å². The molecule has 102 valence electrons. The summed E-state index contributed by atoms with van der Waals surface area (Å²) in [5, 5.41) is 12.8. The fourth-order valence-electron chi connectivity index (χ4n) is 2.61. The third kappa shape index (κ3) is 3.71. The summed E-state index contributed by atoms with van der Waals surface area (Å²) < 4.78 is 13.8. The van der Waals surface area contributed by atoms with Crippen LogP contribution in [-0.4, -0.2) is 17.5 Å². The van der Waals surface area contributed by atoms with Gasteiger partial charge in [-0.25, -0.2) is 4.39 Å². The van der Waals surface area contributed by atoms with Crippen molar-refractivity contribution in [3.05, 3.63) is 35.1 Å². The van der Waals surface area contributed by atoms with E-state index >= 15 is 0 Å². The molecule has 0 aromatic heterocycles. The van der Waals surface area contributed by atoms with E-state index in [9.17, 15) is 4.39 Å². The Morgan fingerprint density at radius 3 is 2.89 bits per heavy atom. The number of hydrogen-bond donors (Lipinski definition) is 1. The summed E-state index contributed by atoms with van der Waals surface area (Å²) in [7, 11) is 0. The molecule has 1 aromatic rings. The van der Waals surface area contributed by atoms with Gasteiger partial charge in [0.05, 0.1) is 11.6 Å². The Bertz CT molecular complexity index is 470. The quantitative estimate of drug-likeness (QED) is 0.916. The topological polar surface area (TPSA) is 35.8 Å². The first-order valence-electron chi connectivity index (χ1n) is 6.69. The fraction of sp³-hybridized carbons (Fsp3) is 0.533. The van der Waals surface area contributed by atoms with E-state index in [1.807, 2.05) is 17.8 Å². The lowest BCUT2D eigenvalue weighted by atomic mass is 9.94. The van der Waals surface area contributed by atoms with Crippen LogP contribution in [0.25, 0.3) is 0 Å². The minimum atomic E-state index is -0.289. The molecule has 2 unspecified atom stereocenters. The number of nitrogens with one attached hydrogen (secondary N) is 1. The van der Waals surface area contributed by atoms with Gasteiger partial charge in [-0.1, -0.05) is 18.9 Å². The van der Waals surface area contributed by atoms with Gasteiger partial charge in [0.25, 0.3) is 0 Å². The van der Waals surface area contributed by atoms with E-state index in [-0.39, 0.29) is 5.82 Å². The lowest BCUT2D eigenvalue weighted by molar-refractivity contribution is 0.380. The van der Waals surface area contributed by atoms with Crippen molar-refractivity contribution in [1.82, 2.24) is 5.32 Å². The summed E-state index contributed by atoms with van der Waals surface area (Å²) in [5.41, 5.74) is 1.02. The van der Waals surface area contributed by atoms with Crippen molar-refractivity contribution < 1.29 is 4.39 Å². The highest BCUT2D eigenvalue weighted by atomic mass is 32.2. The molecular formula is C15H19FN2S. The van der Waals surface area contributed by atoms with Crippen LogP contribution >= 0.6 is 11.8 Å². The zero-order chi connectivity index (χ0) is 13.7. The summed E-state index contributed by atoms with van der Waals surface area (Å²) >= 11 is 1.90. The number of thioether (sulfide) groups is 1. The average molecular weight is 278 g/mol. The van der Waals surface area contributed by atoms with Crippen molar-refractivity contribution in [1.29, 1.82) is 5.26 Å². The number of nitriles is 1. The molecule has 2 atom stereocenters. The van der Waals surface area contributed by atoms with Crippen LogP contribution in [0.4, 0.5) is 4.39 Å². The van der Waals surface area contributed by atoms with E-state index in [2.05, 4.69) is 11.6 Å². The van der Waals surface area contributed by atoms with Crippen LogP contribution in [0, 0.1) is 17.1 Å². The molecule has 0 radical (unpaired) electrons. The summed E-state index contributed by atoms with van der Waals surface area (Å²) in [6.45, 7) is 0.541. The van der Waals surface area contributed by atoms with Gasteiger partial charge in [-0.15, -0.1) is 0 Å². The Kier molecular flexibility index (Phi) is 5.24. The third-order valence-electron chi connectivity index (χ3n) is 3.74. The van der Waals surface area contributed by atoms with Gasteiger partial charge in [-0.3, -0.25) is 0 Å². The third-order valence-corrected chi connectivity index (χ3v) is 4.91. The highest BCUT2D eigenvalue weighted by molar-refractivity contribution is 7.99. The predicted molar refractivity (Wildman–Crippen MR) is 77.5 cm³/mol. The van der Waals surface area contributed by atoms with E-state index in [0.29, 0.717) is 29.0 Å². The average Bonchev–Trinajstić information content (AvgIpc) is 2.46. The molecule has 1 saturated carbocycles. The first-order chi connectivity index (χ1) is 9.24. The van der Waals surface area contributed by atoms with Crippen LogP contribution in [0.1, 0.15) is 36.8 Å². The van der Waals surface area contributed by atoms with E-state index in [1.54, 1.807) is 12.1 Å². The van der Waals surface area contributed by atoms with Crippen molar-refractivity contribution in [2.24, 2.45) is 0 Å². The number of rotatable bonds is 4. The van der Waals surface area contributed by atoms with E-state index in [0.717, 1.165) is 0 Å². The van der Waals surface area contributed by atoms with Gasteiger partial charge < -0.3 is 5.32 Å². The number of hydrogen-bond acceptors (Lipinski definition) is 3. The van der Waals surface area contributed by atoms with Crippen LogP contribution in [0.3, 0.4) is 0 Å². The largest absolute Gasteiger partial charge is 0.309 e. The van der Waals surface area contributed by atoms with Gasteiger partial charge in [0.15, 0.2) is 0 Å². The molecule has 1 aliphatic rings. The molecule has 0 heterocycles. The monoisotopic (exact) mass is 278 g/mol. The normalized spacial score (nSPS) is 23.0. The molecule has 1 N–H and O–H groups in total. The Morgan fingerprint density at radius 2 is 2.21 bits per heavy atom. The maximum absolute atomic E-state index is 13.8. The van der Waals surface area contributed by atoms with Gasteiger partial charge in [0.2, 0.25) is 0 Å². The second-order valence-corrected chi connectivity index (χ2v) is 6.04. The maximum Gasteiger partial charge on any atom is 0.129 e. The Labute approximate surface area is 118 Å². The van der Waals surface area contributed by atoms with Gasteiger partial charge in [-0.05, 0) is 31.2 Å². The van der Waals surface area contributed by atoms with E-state index < -0.39 is 0 Å².